The molecule has 3 aromatic rings. The molecule has 2 aromatic carbocycles. The standard InChI is InChI=1S/C22H27N3O3S.HI/c1-4-28-18-10-9-15(11-19(18)27-3)13-24-22(23-2)25-14-17(26)21-12-16-7-5-6-8-20(16)29-21;/h5-12,17,26H,4,13-14H2,1-3H3,(H2,23,24,25);1H. The Kier molecular flexibility index (Phi) is 9.67. The lowest BCUT2D eigenvalue weighted by atomic mass is 10.2. The zero-order chi connectivity index (χ0) is 20.6. The van der Waals surface area contributed by atoms with E-state index >= 15 is 0 Å². The van der Waals surface area contributed by atoms with Crippen LogP contribution in [-0.2, 0) is 6.54 Å². The molecule has 0 amide bonds. The molecule has 3 N–H and O–H groups in total. The number of aliphatic imine (C=N–C) groups is 1. The van der Waals surface area contributed by atoms with Gasteiger partial charge in [0.25, 0.3) is 0 Å². The Morgan fingerprint density at radius 3 is 2.63 bits per heavy atom. The maximum atomic E-state index is 10.5. The number of fused-ring (bicyclic) bond motifs is 1. The normalized spacial score (nSPS) is 12.2. The molecule has 0 spiro atoms. The third-order valence-corrected chi connectivity index (χ3v) is 5.66. The minimum atomic E-state index is -0.600. The average molecular weight is 541 g/mol. The molecule has 0 aliphatic rings. The minimum Gasteiger partial charge on any atom is -0.493 e. The lowest BCUT2D eigenvalue weighted by Crippen LogP contribution is -2.38. The van der Waals surface area contributed by atoms with Gasteiger partial charge in [0.15, 0.2) is 17.5 Å². The number of thiophene rings is 1. The second-order valence-electron chi connectivity index (χ2n) is 6.43. The summed E-state index contributed by atoms with van der Waals surface area (Å²) in [6.45, 7) is 3.48. The van der Waals surface area contributed by atoms with Crippen LogP contribution in [0.25, 0.3) is 10.1 Å². The van der Waals surface area contributed by atoms with Crippen LogP contribution >= 0.6 is 35.3 Å². The van der Waals surface area contributed by atoms with Crippen molar-refractivity contribution in [3.05, 3.63) is 59.0 Å². The Morgan fingerprint density at radius 1 is 1.13 bits per heavy atom. The predicted molar refractivity (Wildman–Crippen MR) is 135 cm³/mol. The Balaban J connectivity index is 0.00000320. The summed E-state index contributed by atoms with van der Waals surface area (Å²) in [5, 5.41) is 18.1. The van der Waals surface area contributed by atoms with Gasteiger partial charge in [-0.2, -0.15) is 0 Å². The van der Waals surface area contributed by atoms with Gasteiger partial charge in [0, 0.05) is 29.7 Å². The number of ether oxygens (including phenoxy) is 2. The molecule has 0 fully saturated rings. The first-order valence-electron chi connectivity index (χ1n) is 9.55. The topological polar surface area (TPSA) is 75.1 Å². The van der Waals surface area contributed by atoms with Gasteiger partial charge >= 0.3 is 0 Å². The SMILES string of the molecule is CCOc1ccc(CNC(=NC)NCC(O)c2cc3ccccc3s2)cc1OC.I. The molecule has 0 bridgehead atoms. The van der Waals surface area contributed by atoms with Crippen LogP contribution < -0.4 is 20.1 Å². The van der Waals surface area contributed by atoms with Crippen LogP contribution in [0.1, 0.15) is 23.5 Å². The molecule has 0 radical (unpaired) electrons. The van der Waals surface area contributed by atoms with Crippen LogP contribution in [0, 0.1) is 0 Å². The predicted octanol–water partition coefficient (Wildman–Crippen LogP) is 4.33. The van der Waals surface area contributed by atoms with Gasteiger partial charge < -0.3 is 25.2 Å². The van der Waals surface area contributed by atoms with E-state index in [0.717, 1.165) is 21.6 Å². The number of methoxy groups -OCH3 is 1. The number of nitrogens with zero attached hydrogens (tertiary/aromatic N) is 1. The average Bonchev–Trinajstić information content (AvgIpc) is 3.19. The highest BCUT2D eigenvalue weighted by Crippen LogP contribution is 2.29. The van der Waals surface area contributed by atoms with E-state index in [2.05, 4.69) is 27.8 Å². The molecule has 0 saturated heterocycles. The quantitative estimate of drug-likeness (QED) is 0.225. The summed E-state index contributed by atoms with van der Waals surface area (Å²) in [5.74, 6) is 2.06. The molecular formula is C22H28IN3O3S. The monoisotopic (exact) mass is 541 g/mol. The molecule has 8 heteroatoms. The van der Waals surface area contributed by atoms with E-state index in [1.165, 1.54) is 4.70 Å². The molecule has 1 atom stereocenters. The summed E-state index contributed by atoms with van der Waals surface area (Å²) < 4.78 is 12.1. The number of aliphatic hydroxyl groups is 1. The zero-order valence-corrected chi connectivity index (χ0v) is 20.5. The van der Waals surface area contributed by atoms with Crippen LogP contribution in [0.3, 0.4) is 0 Å². The van der Waals surface area contributed by atoms with Gasteiger partial charge in [0.2, 0.25) is 0 Å². The zero-order valence-electron chi connectivity index (χ0n) is 17.3. The second-order valence-corrected chi connectivity index (χ2v) is 7.54. The fourth-order valence-corrected chi connectivity index (χ4v) is 4.01. The van der Waals surface area contributed by atoms with Crippen molar-refractivity contribution in [3.8, 4) is 11.5 Å². The molecule has 1 unspecified atom stereocenters. The fraction of sp³-hybridized carbons (Fsp3) is 0.318. The van der Waals surface area contributed by atoms with Crippen molar-refractivity contribution in [3.63, 3.8) is 0 Å². The molecule has 30 heavy (non-hydrogen) atoms. The van der Waals surface area contributed by atoms with Gasteiger partial charge in [-0.3, -0.25) is 4.99 Å². The van der Waals surface area contributed by atoms with Gasteiger partial charge in [-0.1, -0.05) is 24.3 Å². The van der Waals surface area contributed by atoms with Gasteiger partial charge in [0.05, 0.1) is 13.7 Å². The van der Waals surface area contributed by atoms with Crippen LogP contribution in [0.15, 0.2) is 53.5 Å². The summed E-state index contributed by atoms with van der Waals surface area (Å²) in [6, 6.07) is 16.0. The van der Waals surface area contributed by atoms with Gasteiger partial charge in [-0.25, -0.2) is 0 Å². The number of rotatable bonds is 8. The molecule has 0 aliphatic carbocycles. The van der Waals surface area contributed by atoms with Crippen molar-refractivity contribution in [1.29, 1.82) is 0 Å². The Labute approximate surface area is 198 Å². The smallest absolute Gasteiger partial charge is 0.191 e. The Hall–Kier alpha value is -2.04. The lowest BCUT2D eigenvalue weighted by Gasteiger charge is -2.15. The van der Waals surface area contributed by atoms with Crippen LogP contribution in [-0.4, -0.2) is 38.4 Å². The van der Waals surface area contributed by atoms with Crippen molar-refractivity contribution < 1.29 is 14.6 Å². The molecule has 1 heterocycles. The Bertz CT molecular complexity index is 944. The maximum absolute atomic E-state index is 10.5. The van der Waals surface area contributed by atoms with E-state index in [-0.39, 0.29) is 24.0 Å². The molecule has 0 saturated carbocycles. The summed E-state index contributed by atoms with van der Waals surface area (Å²) in [4.78, 5) is 5.17. The van der Waals surface area contributed by atoms with Crippen molar-refractivity contribution >= 4 is 51.4 Å². The molecule has 162 valence electrons. The number of nitrogens with one attached hydrogen (secondary N) is 2. The van der Waals surface area contributed by atoms with Crippen LogP contribution in [0.4, 0.5) is 0 Å². The number of aliphatic hydroxyl groups excluding tert-OH is 1. The van der Waals surface area contributed by atoms with Gasteiger partial charge in [-0.05, 0) is 42.1 Å². The summed E-state index contributed by atoms with van der Waals surface area (Å²) in [5.41, 5.74) is 1.04. The fourth-order valence-electron chi connectivity index (χ4n) is 2.96. The van der Waals surface area contributed by atoms with E-state index in [1.54, 1.807) is 25.5 Å². The first kappa shape index (κ1) is 24.2. The van der Waals surface area contributed by atoms with E-state index in [0.29, 0.717) is 31.4 Å². The third kappa shape index (κ3) is 6.23. The van der Waals surface area contributed by atoms with Crippen molar-refractivity contribution in [1.82, 2.24) is 10.6 Å². The highest BCUT2D eigenvalue weighted by atomic mass is 127. The number of halogens is 1. The summed E-state index contributed by atoms with van der Waals surface area (Å²) in [6.07, 6.45) is -0.600. The van der Waals surface area contributed by atoms with Crippen LogP contribution in [0.5, 0.6) is 11.5 Å². The number of hydrogen-bond donors (Lipinski definition) is 3. The van der Waals surface area contributed by atoms with E-state index in [1.807, 2.05) is 43.3 Å². The first-order chi connectivity index (χ1) is 14.1. The summed E-state index contributed by atoms with van der Waals surface area (Å²) in [7, 11) is 3.34. The number of hydrogen-bond acceptors (Lipinski definition) is 5. The third-order valence-electron chi connectivity index (χ3n) is 4.45. The highest BCUT2D eigenvalue weighted by molar-refractivity contribution is 14.0. The minimum absolute atomic E-state index is 0. The van der Waals surface area contributed by atoms with Gasteiger partial charge in [-0.15, -0.1) is 35.3 Å². The largest absolute Gasteiger partial charge is 0.493 e. The van der Waals surface area contributed by atoms with E-state index < -0.39 is 6.10 Å². The maximum Gasteiger partial charge on any atom is 0.191 e. The second kappa shape index (κ2) is 12.0. The lowest BCUT2D eigenvalue weighted by molar-refractivity contribution is 0.184. The van der Waals surface area contributed by atoms with Crippen molar-refractivity contribution in [2.45, 2.75) is 19.6 Å². The van der Waals surface area contributed by atoms with E-state index in [9.17, 15) is 5.11 Å². The summed E-state index contributed by atoms with van der Waals surface area (Å²) >= 11 is 1.61. The molecular weight excluding hydrogens is 513 g/mol. The molecule has 0 aliphatic heterocycles. The molecule has 3 rings (SSSR count). The number of guanidine groups is 1. The van der Waals surface area contributed by atoms with E-state index in [4.69, 9.17) is 9.47 Å². The van der Waals surface area contributed by atoms with Crippen molar-refractivity contribution in [2.24, 2.45) is 4.99 Å². The first-order valence-corrected chi connectivity index (χ1v) is 10.4. The molecule has 6 nitrogen and oxygen atoms in total. The van der Waals surface area contributed by atoms with Crippen molar-refractivity contribution in [2.75, 3.05) is 27.3 Å². The number of benzene rings is 2. The Morgan fingerprint density at radius 2 is 1.93 bits per heavy atom. The van der Waals surface area contributed by atoms with Gasteiger partial charge in [0.1, 0.15) is 6.10 Å². The van der Waals surface area contributed by atoms with Crippen LogP contribution in [0.2, 0.25) is 0 Å². The molecule has 1 aromatic heterocycles. The highest BCUT2D eigenvalue weighted by Gasteiger charge is 2.12.